The summed E-state index contributed by atoms with van der Waals surface area (Å²) in [6.45, 7) is 2.60. The maximum Gasteiger partial charge on any atom is 0.264 e. The van der Waals surface area contributed by atoms with E-state index in [1.807, 2.05) is 18.2 Å². The Bertz CT molecular complexity index is 1670. The highest BCUT2D eigenvalue weighted by Gasteiger charge is 2.31. The van der Waals surface area contributed by atoms with Gasteiger partial charge in [0.05, 0.1) is 11.4 Å². The van der Waals surface area contributed by atoms with E-state index in [2.05, 4.69) is 21.4 Å². The molecule has 11 heteroatoms. The number of aromatic nitrogens is 4. The summed E-state index contributed by atoms with van der Waals surface area (Å²) < 4.78 is 23.0. The fourth-order valence-electron chi connectivity index (χ4n) is 5.74. The highest BCUT2D eigenvalue weighted by molar-refractivity contribution is 5.99. The molecule has 0 bridgehead atoms. The van der Waals surface area contributed by atoms with Gasteiger partial charge >= 0.3 is 0 Å². The van der Waals surface area contributed by atoms with E-state index in [1.54, 1.807) is 39.9 Å². The lowest BCUT2D eigenvalue weighted by molar-refractivity contribution is -0.128. The van der Waals surface area contributed by atoms with Crippen LogP contribution in [0.2, 0.25) is 0 Å². The van der Waals surface area contributed by atoms with Gasteiger partial charge in [-0.05, 0) is 62.4 Å². The fraction of sp³-hybridized carbons (Fsp3) is 0.323. The van der Waals surface area contributed by atoms with E-state index in [4.69, 9.17) is 15.6 Å². The number of piperidine rings is 2. The molecule has 42 heavy (non-hydrogen) atoms. The van der Waals surface area contributed by atoms with Crippen LogP contribution in [-0.4, -0.2) is 56.7 Å². The lowest BCUT2D eigenvalue weighted by Gasteiger charge is -2.33. The lowest BCUT2D eigenvalue weighted by atomic mass is 9.96. The first-order chi connectivity index (χ1) is 20.5. The molecule has 4 heterocycles. The predicted molar refractivity (Wildman–Crippen MR) is 156 cm³/mol. The lowest BCUT2D eigenvalue weighted by Crippen LogP contribution is -2.41. The van der Waals surface area contributed by atoms with Crippen LogP contribution >= 0.6 is 0 Å². The zero-order valence-corrected chi connectivity index (χ0v) is 23.0. The van der Waals surface area contributed by atoms with E-state index < -0.39 is 5.82 Å². The molecule has 4 aromatic rings. The summed E-state index contributed by atoms with van der Waals surface area (Å²) in [7, 11) is 0. The fourth-order valence-corrected chi connectivity index (χ4v) is 5.74. The van der Waals surface area contributed by atoms with Gasteiger partial charge in [-0.2, -0.15) is 10.4 Å². The van der Waals surface area contributed by atoms with Crippen LogP contribution in [0.4, 0.5) is 10.2 Å². The second kappa shape index (κ2) is 12.0. The van der Waals surface area contributed by atoms with Crippen LogP contribution in [-0.2, 0) is 4.79 Å². The topological polar surface area (TPSA) is 135 Å². The standard InChI is InChI=1S/C31H31FN8O2/c32-26-15-24(42-23-8-2-1-3-9-23)10-11-25(26)28-27-29(34)36-19-37-30(27)40(38-28)22-7-5-13-39(18-22)31(41)21(16-33)14-20-6-4-12-35-17-20/h1-3,8-11,14-15,19-20,22,35H,4-7,12-13,17-18H2,(H2,34,36,37)/b21-14+/t20?,22-/m0/s1. The molecule has 10 nitrogen and oxygen atoms in total. The zero-order valence-electron chi connectivity index (χ0n) is 23.0. The van der Waals surface area contributed by atoms with Crippen LogP contribution in [0.1, 0.15) is 31.7 Å². The van der Waals surface area contributed by atoms with Gasteiger partial charge in [-0.15, -0.1) is 0 Å². The third-order valence-corrected chi connectivity index (χ3v) is 7.81. The Balaban J connectivity index is 1.29. The first-order valence-electron chi connectivity index (χ1n) is 14.1. The molecule has 1 unspecified atom stereocenters. The highest BCUT2D eigenvalue weighted by Crippen LogP contribution is 2.36. The molecule has 214 valence electrons. The van der Waals surface area contributed by atoms with Crippen molar-refractivity contribution >= 4 is 22.8 Å². The summed E-state index contributed by atoms with van der Waals surface area (Å²) in [6, 6.07) is 15.6. The average molecular weight is 567 g/mol. The van der Waals surface area contributed by atoms with Gasteiger partial charge < -0.3 is 20.7 Å². The monoisotopic (exact) mass is 566 g/mol. The molecule has 1 amide bonds. The number of nitrogens with one attached hydrogen (secondary N) is 1. The first kappa shape index (κ1) is 27.4. The van der Waals surface area contributed by atoms with E-state index >= 15 is 4.39 Å². The summed E-state index contributed by atoms with van der Waals surface area (Å²) in [5.41, 5.74) is 7.46. The number of carbonyl (C=O) groups is 1. The van der Waals surface area contributed by atoms with Crippen LogP contribution in [0, 0.1) is 23.1 Å². The van der Waals surface area contributed by atoms with Gasteiger partial charge in [-0.25, -0.2) is 19.0 Å². The van der Waals surface area contributed by atoms with E-state index in [9.17, 15) is 10.1 Å². The molecule has 0 aliphatic carbocycles. The third kappa shape index (κ3) is 5.53. The number of benzene rings is 2. The largest absolute Gasteiger partial charge is 0.457 e. The number of nitriles is 1. The van der Waals surface area contributed by atoms with Crippen molar-refractivity contribution in [3.05, 3.63) is 72.3 Å². The normalized spacial score (nSPS) is 19.4. The minimum Gasteiger partial charge on any atom is -0.457 e. The molecule has 0 radical (unpaired) electrons. The number of likely N-dealkylation sites (tertiary alicyclic amines) is 1. The highest BCUT2D eigenvalue weighted by atomic mass is 19.1. The molecule has 2 saturated heterocycles. The number of amides is 1. The van der Waals surface area contributed by atoms with Crippen LogP contribution in [0.25, 0.3) is 22.3 Å². The van der Waals surface area contributed by atoms with Crippen molar-refractivity contribution in [2.24, 2.45) is 5.92 Å². The van der Waals surface area contributed by atoms with E-state index in [0.717, 1.165) is 38.8 Å². The molecule has 2 aliphatic heterocycles. The smallest absolute Gasteiger partial charge is 0.264 e. The Morgan fingerprint density at radius 2 is 2.00 bits per heavy atom. The Labute approximate surface area is 242 Å². The van der Waals surface area contributed by atoms with Crippen LogP contribution in [0.5, 0.6) is 11.5 Å². The maximum absolute atomic E-state index is 15.5. The Kier molecular flexibility index (Phi) is 7.79. The van der Waals surface area contributed by atoms with Gasteiger partial charge in [0.15, 0.2) is 5.65 Å². The molecule has 2 aromatic heterocycles. The number of anilines is 1. The molecule has 6 rings (SSSR count). The summed E-state index contributed by atoms with van der Waals surface area (Å²) >= 11 is 0. The average Bonchev–Trinajstić information content (AvgIpc) is 3.41. The maximum atomic E-state index is 15.5. The van der Waals surface area contributed by atoms with Gasteiger partial charge in [-0.1, -0.05) is 24.3 Å². The number of carbonyl (C=O) groups excluding carboxylic acids is 1. The van der Waals surface area contributed by atoms with Gasteiger partial charge in [0, 0.05) is 31.3 Å². The minimum absolute atomic E-state index is 0.162. The third-order valence-electron chi connectivity index (χ3n) is 7.81. The Morgan fingerprint density at radius 3 is 2.76 bits per heavy atom. The van der Waals surface area contributed by atoms with Gasteiger partial charge in [0.1, 0.15) is 46.8 Å². The van der Waals surface area contributed by atoms with Gasteiger partial charge in [0.2, 0.25) is 0 Å². The zero-order chi connectivity index (χ0) is 29.1. The molecular formula is C31H31FN8O2. The number of nitrogens with zero attached hydrogens (tertiary/aromatic N) is 6. The number of ether oxygens (including phenoxy) is 1. The predicted octanol–water partition coefficient (Wildman–Crippen LogP) is 4.62. The molecular weight excluding hydrogens is 535 g/mol. The van der Waals surface area contributed by atoms with Crippen molar-refractivity contribution in [1.29, 1.82) is 5.26 Å². The quantitative estimate of drug-likeness (QED) is 0.255. The number of nitrogen functional groups attached to an aromatic ring is 1. The SMILES string of the molecule is N#C/C(=C\C1CCCNC1)C(=O)N1CCC[C@H](n2nc(-c3ccc(Oc4ccccc4)cc3F)c3c(N)ncnc32)C1. The molecule has 2 atom stereocenters. The number of nitrogens with two attached hydrogens (primary N) is 1. The second-order valence-corrected chi connectivity index (χ2v) is 10.7. The summed E-state index contributed by atoms with van der Waals surface area (Å²) in [5.74, 6) is 0.484. The van der Waals surface area contributed by atoms with Crippen molar-refractivity contribution < 1.29 is 13.9 Å². The number of rotatable bonds is 6. The summed E-state index contributed by atoms with van der Waals surface area (Å²) in [4.78, 5) is 23.7. The summed E-state index contributed by atoms with van der Waals surface area (Å²) in [5, 5.41) is 18.4. The molecule has 0 spiro atoms. The first-order valence-corrected chi connectivity index (χ1v) is 14.1. The van der Waals surface area contributed by atoms with Crippen molar-refractivity contribution in [2.75, 3.05) is 31.9 Å². The van der Waals surface area contributed by atoms with Crippen molar-refractivity contribution in [2.45, 2.75) is 31.7 Å². The molecule has 3 N–H and O–H groups in total. The molecule has 2 aromatic carbocycles. The second-order valence-electron chi connectivity index (χ2n) is 10.7. The number of hydrogen-bond donors (Lipinski definition) is 2. The van der Waals surface area contributed by atoms with E-state index in [0.29, 0.717) is 41.3 Å². The molecule has 2 fully saturated rings. The number of fused-ring (bicyclic) bond motifs is 1. The van der Waals surface area contributed by atoms with Crippen molar-refractivity contribution in [1.82, 2.24) is 30.0 Å². The molecule has 0 saturated carbocycles. The Hall–Kier alpha value is -4.82. The summed E-state index contributed by atoms with van der Waals surface area (Å²) in [6.07, 6.45) is 6.58. The van der Waals surface area contributed by atoms with Crippen molar-refractivity contribution in [3.8, 4) is 28.8 Å². The number of hydrogen-bond acceptors (Lipinski definition) is 8. The van der Waals surface area contributed by atoms with Crippen molar-refractivity contribution in [3.63, 3.8) is 0 Å². The van der Waals surface area contributed by atoms with Gasteiger partial charge in [-0.3, -0.25) is 4.79 Å². The Morgan fingerprint density at radius 1 is 1.14 bits per heavy atom. The van der Waals surface area contributed by atoms with Crippen LogP contribution in [0.15, 0.2) is 66.5 Å². The van der Waals surface area contributed by atoms with Gasteiger partial charge in [0.25, 0.3) is 5.91 Å². The minimum atomic E-state index is -0.528. The van der Waals surface area contributed by atoms with E-state index in [1.165, 1.54) is 12.4 Å². The number of para-hydroxylation sites is 1. The van der Waals surface area contributed by atoms with Crippen LogP contribution < -0.4 is 15.8 Å². The van der Waals surface area contributed by atoms with Crippen LogP contribution in [0.3, 0.4) is 0 Å². The molecule has 2 aliphatic rings. The van der Waals surface area contributed by atoms with E-state index in [-0.39, 0.29) is 34.8 Å². The number of halogens is 1.